The highest BCUT2D eigenvalue weighted by atomic mass is 79.9. The van der Waals surface area contributed by atoms with Gasteiger partial charge in [0.25, 0.3) is 0 Å². The molecule has 0 aromatic heterocycles. The fraction of sp³-hybridized carbons (Fsp3) is 0.333. The summed E-state index contributed by atoms with van der Waals surface area (Å²) in [4.78, 5) is 0. The number of alkyl halides is 1. The molecule has 0 aliphatic rings. The second-order valence-corrected chi connectivity index (χ2v) is 3.45. The zero-order valence-electron chi connectivity index (χ0n) is 6.79. The van der Waals surface area contributed by atoms with E-state index in [4.69, 9.17) is 0 Å². The third-order valence-electron chi connectivity index (χ3n) is 1.65. The van der Waals surface area contributed by atoms with Crippen molar-refractivity contribution in [2.24, 2.45) is 0 Å². The molecule has 1 rings (SSSR count). The van der Waals surface area contributed by atoms with Crippen molar-refractivity contribution in [2.45, 2.75) is 12.8 Å². The van der Waals surface area contributed by atoms with Gasteiger partial charge in [0, 0.05) is 11.4 Å². The second-order valence-electron chi connectivity index (χ2n) is 2.65. The summed E-state index contributed by atoms with van der Waals surface area (Å²) in [7, 11) is 0. The van der Waals surface area contributed by atoms with Crippen molar-refractivity contribution < 1.29 is 13.2 Å². The molecule has 0 radical (unpaired) electrons. The molecule has 1 aromatic carbocycles. The van der Waals surface area contributed by atoms with E-state index in [2.05, 4.69) is 15.9 Å². The van der Waals surface area contributed by atoms with Gasteiger partial charge in [-0.25, -0.2) is 13.2 Å². The summed E-state index contributed by atoms with van der Waals surface area (Å²) in [5.41, 5.74) is 0.0944. The summed E-state index contributed by atoms with van der Waals surface area (Å²) in [5, 5.41) is 0.685. The van der Waals surface area contributed by atoms with Crippen molar-refractivity contribution in [3.8, 4) is 0 Å². The smallest absolute Gasteiger partial charge is 0.162 e. The second kappa shape index (κ2) is 4.65. The maximum Gasteiger partial charge on any atom is 0.162 e. The molecule has 0 atom stereocenters. The molecule has 0 bridgehead atoms. The van der Waals surface area contributed by atoms with E-state index in [1.54, 1.807) is 0 Å². The topological polar surface area (TPSA) is 0 Å². The minimum absolute atomic E-state index is 0.0944. The van der Waals surface area contributed by atoms with E-state index < -0.39 is 17.5 Å². The summed E-state index contributed by atoms with van der Waals surface area (Å²) < 4.78 is 38.2. The van der Waals surface area contributed by atoms with Crippen LogP contribution < -0.4 is 0 Å². The first-order valence-electron chi connectivity index (χ1n) is 3.84. The fourth-order valence-electron chi connectivity index (χ4n) is 1.05. The maximum absolute atomic E-state index is 12.9. The van der Waals surface area contributed by atoms with Crippen LogP contribution in [0, 0.1) is 17.5 Å². The van der Waals surface area contributed by atoms with Crippen molar-refractivity contribution >= 4 is 15.9 Å². The minimum Gasteiger partial charge on any atom is -0.207 e. The molecule has 0 fully saturated rings. The van der Waals surface area contributed by atoms with E-state index >= 15 is 0 Å². The number of hydrogen-bond donors (Lipinski definition) is 0. The number of aryl methyl sites for hydroxylation is 1. The lowest BCUT2D eigenvalue weighted by atomic mass is 10.1. The summed E-state index contributed by atoms with van der Waals surface area (Å²) >= 11 is 3.16. The standard InChI is InChI=1S/C9H8BrF3/c10-3-1-2-6-4-7(11)5-8(12)9(6)13/h4-5H,1-3H2. The van der Waals surface area contributed by atoms with Crippen LogP contribution >= 0.6 is 15.9 Å². The van der Waals surface area contributed by atoms with Gasteiger partial charge in [-0.1, -0.05) is 15.9 Å². The Morgan fingerprint density at radius 1 is 1.15 bits per heavy atom. The van der Waals surface area contributed by atoms with Crippen LogP contribution in [-0.4, -0.2) is 5.33 Å². The Kier molecular flexibility index (Phi) is 3.78. The summed E-state index contributed by atoms with van der Waals surface area (Å²) in [6.07, 6.45) is 0.992. The van der Waals surface area contributed by atoms with E-state index in [0.717, 1.165) is 6.07 Å². The normalized spacial score (nSPS) is 10.5. The van der Waals surface area contributed by atoms with E-state index in [-0.39, 0.29) is 5.56 Å². The van der Waals surface area contributed by atoms with Crippen molar-refractivity contribution in [1.82, 2.24) is 0 Å². The molecule has 4 heteroatoms. The number of rotatable bonds is 3. The largest absolute Gasteiger partial charge is 0.207 e. The molecule has 0 saturated carbocycles. The van der Waals surface area contributed by atoms with Crippen molar-refractivity contribution in [3.63, 3.8) is 0 Å². The summed E-state index contributed by atoms with van der Waals surface area (Å²) in [6.45, 7) is 0. The molecule has 72 valence electrons. The predicted octanol–water partition coefficient (Wildman–Crippen LogP) is 3.43. The zero-order valence-corrected chi connectivity index (χ0v) is 8.37. The van der Waals surface area contributed by atoms with Gasteiger partial charge in [-0.05, 0) is 24.5 Å². The number of halogens is 4. The van der Waals surface area contributed by atoms with Crippen molar-refractivity contribution in [1.29, 1.82) is 0 Å². The average Bonchev–Trinajstić information content (AvgIpc) is 2.09. The first kappa shape index (κ1) is 10.6. The van der Waals surface area contributed by atoms with Crippen LogP contribution in [0.25, 0.3) is 0 Å². The van der Waals surface area contributed by atoms with E-state index in [9.17, 15) is 13.2 Å². The Morgan fingerprint density at radius 2 is 1.85 bits per heavy atom. The van der Waals surface area contributed by atoms with E-state index in [0.29, 0.717) is 24.2 Å². The molecule has 0 N–H and O–H groups in total. The highest BCUT2D eigenvalue weighted by Crippen LogP contribution is 2.16. The molecule has 1 aromatic rings. The van der Waals surface area contributed by atoms with E-state index in [1.807, 2.05) is 0 Å². The van der Waals surface area contributed by atoms with Crippen LogP contribution in [0.2, 0.25) is 0 Å². The Bertz CT molecular complexity index is 299. The SMILES string of the molecule is Fc1cc(F)c(F)c(CCCBr)c1. The van der Waals surface area contributed by atoms with Crippen LogP contribution in [0.5, 0.6) is 0 Å². The molecular weight excluding hydrogens is 245 g/mol. The molecule has 0 spiro atoms. The Balaban J connectivity index is 2.92. The van der Waals surface area contributed by atoms with Gasteiger partial charge in [0.05, 0.1) is 0 Å². The van der Waals surface area contributed by atoms with Crippen LogP contribution in [-0.2, 0) is 6.42 Å². The Labute approximate surface area is 82.9 Å². The molecule has 0 amide bonds. The van der Waals surface area contributed by atoms with Gasteiger partial charge >= 0.3 is 0 Å². The van der Waals surface area contributed by atoms with Crippen molar-refractivity contribution in [3.05, 3.63) is 35.1 Å². The third kappa shape index (κ3) is 2.72. The predicted molar refractivity (Wildman–Crippen MR) is 48.4 cm³/mol. The molecule has 13 heavy (non-hydrogen) atoms. The van der Waals surface area contributed by atoms with Gasteiger partial charge in [-0.2, -0.15) is 0 Å². The summed E-state index contributed by atoms with van der Waals surface area (Å²) in [6, 6.07) is 1.58. The van der Waals surface area contributed by atoms with E-state index in [1.165, 1.54) is 0 Å². The molecule has 0 saturated heterocycles. The quantitative estimate of drug-likeness (QED) is 0.571. The highest BCUT2D eigenvalue weighted by molar-refractivity contribution is 9.09. The molecule has 0 aliphatic carbocycles. The number of benzene rings is 1. The fourth-order valence-corrected chi connectivity index (χ4v) is 1.33. The van der Waals surface area contributed by atoms with Crippen LogP contribution in [0.3, 0.4) is 0 Å². The lowest BCUT2D eigenvalue weighted by Crippen LogP contribution is -1.96. The van der Waals surface area contributed by atoms with Crippen LogP contribution in [0.15, 0.2) is 12.1 Å². The van der Waals surface area contributed by atoms with Gasteiger partial charge in [-0.15, -0.1) is 0 Å². The van der Waals surface area contributed by atoms with Crippen LogP contribution in [0.4, 0.5) is 13.2 Å². The van der Waals surface area contributed by atoms with Gasteiger partial charge in [0.15, 0.2) is 11.6 Å². The molecule has 0 unspecified atom stereocenters. The number of hydrogen-bond acceptors (Lipinski definition) is 0. The first-order valence-corrected chi connectivity index (χ1v) is 4.96. The van der Waals surface area contributed by atoms with Crippen LogP contribution in [0.1, 0.15) is 12.0 Å². The molecule has 0 aliphatic heterocycles. The third-order valence-corrected chi connectivity index (χ3v) is 2.21. The highest BCUT2D eigenvalue weighted by Gasteiger charge is 2.09. The zero-order chi connectivity index (χ0) is 9.84. The van der Waals surface area contributed by atoms with Gasteiger partial charge in [0.2, 0.25) is 0 Å². The molecule has 0 nitrogen and oxygen atoms in total. The average molecular weight is 253 g/mol. The van der Waals surface area contributed by atoms with Gasteiger partial charge in [-0.3, -0.25) is 0 Å². The monoisotopic (exact) mass is 252 g/mol. The van der Waals surface area contributed by atoms with Gasteiger partial charge in [0.1, 0.15) is 5.82 Å². The minimum atomic E-state index is -1.12. The van der Waals surface area contributed by atoms with Crippen molar-refractivity contribution in [2.75, 3.05) is 5.33 Å². The summed E-state index contributed by atoms with van der Waals surface area (Å²) in [5.74, 6) is -2.80. The molecule has 0 heterocycles. The lowest BCUT2D eigenvalue weighted by Gasteiger charge is -2.02. The lowest BCUT2D eigenvalue weighted by molar-refractivity contribution is 0.484. The maximum atomic E-state index is 12.9. The van der Waals surface area contributed by atoms with Gasteiger partial charge < -0.3 is 0 Å². The first-order chi connectivity index (χ1) is 6.15. The Morgan fingerprint density at radius 3 is 2.46 bits per heavy atom. The molecular formula is C9H8BrF3. The Hall–Kier alpha value is -0.510.